The van der Waals surface area contributed by atoms with Crippen molar-refractivity contribution in [3.05, 3.63) is 63.6 Å². The first kappa shape index (κ1) is 15.4. The zero-order valence-electron chi connectivity index (χ0n) is 11.7. The summed E-state index contributed by atoms with van der Waals surface area (Å²) in [6.45, 7) is 4.96. The molecule has 2 aromatic carbocycles. The highest BCUT2D eigenvalue weighted by Crippen LogP contribution is 2.24. The second-order valence-electron chi connectivity index (χ2n) is 5.07. The van der Waals surface area contributed by atoms with Crippen LogP contribution in [-0.4, -0.2) is 0 Å². The van der Waals surface area contributed by atoms with E-state index in [0.29, 0.717) is 18.4 Å². The Hall–Kier alpha value is -0.990. The van der Waals surface area contributed by atoms with E-state index in [4.69, 9.17) is 16.3 Å². The fourth-order valence-electron chi connectivity index (χ4n) is 1.91. The molecule has 0 fully saturated rings. The van der Waals surface area contributed by atoms with Crippen molar-refractivity contribution < 1.29 is 4.74 Å². The molecule has 2 rings (SSSR count). The van der Waals surface area contributed by atoms with Crippen LogP contribution in [0.4, 0.5) is 0 Å². The number of halogens is 2. The minimum atomic E-state index is 0.473. The summed E-state index contributed by atoms with van der Waals surface area (Å²) >= 11 is 9.35. The first-order valence-corrected chi connectivity index (χ1v) is 7.99. The maximum absolute atomic E-state index is 5.88. The van der Waals surface area contributed by atoms with Crippen LogP contribution >= 0.6 is 27.5 Å². The molecule has 0 radical (unpaired) electrons. The number of hydrogen-bond donors (Lipinski definition) is 0. The molecule has 0 spiro atoms. The van der Waals surface area contributed by atoms with Gasteiger partial charge in [0, 0.05) is 10.4 Å². The van der Waals surface area contributed by atoms with Crippen LogP contribution in [0.1, 0.15) is 36.5 Å². The maximum atomic E-state index is 5.88. The van der Waals surface area contributed by atoms with Crippen LogP contribution in [0.2, 0.25) is 0 Å². The maximum Gasteiger partial charge on any atom is 0.120 e. The van der Waals surface area contributed by atoms with E-state index >= 15 is 0 Å². The van der Waals surface area contributed by atoms with Gasteiger partial charge in [-0.15, -0.1) is 11.6 Å². The predicted molar refractivity (Wildman–Crippen MR) is 88.6 cm³/mol. The van der Waals surface area contributed by atoms with Crippen molar-refractivity contribution in [2.45, 2.75) is 32.3 Å². The van der Waals surface area contributed by atoms with Gasteiger partial charge in [-0.3, -0.25) is 0 Å². The second-order valence-corrected chi connectivity index (χ2v) is 6.19. The van der Waals surface area contributed by atoms with Gasteiger partial charge in [-0.05, 0) is 40.8 Å². The van der Waals surface area contributed by atoms with Crippen LogP contribution in [-0.2, 0) is 12.5 Å². The molecule has 0 aromatic heterocycles. The summed E-state index contributed by atoms with van der Waals surface area (Å²) in [5.41, 5.74) is 3.56. The van der Waals surface area contributed by atoms with E-state index < -0.39 is 0 Å². The molecule has 2 aromatic rings. The van der Waals surface area contributed by atoms with Gasteiger partial charge in [-0.25, -0.2) is 0 Å². The van der Waals surface area contributed by atoms with Gasteiger partial charge in [0.15, 0.2) is 0 Å². The van der Waals surface area contributed by atoms with E-state index in [1.165, 1.54) is 11.1 Å². The van der Waals surface area contributed by atoms with Gasteiger partial charge in [-0.1, -0.05) is 54.0 Å². The largest absolute Gasteiger partial charge is 0.489 e. The minimum absolute atomic E-state index is 0.473. The van der Waals surface area contributed by atoms with Crippen LogP contribution in [0.25, 0.3) is 0 Å². The van der Waals surface area contributed by atoms with Crippen LogP contribution in [0.5, 0.6) is 5.75 Å². The normalized spacial score (nSPS) is 10.8. The average Bonchev–Trinajstić information content (AvgIpc) is 2.46. The Morgan fingerprint density at radius 2 is 1.80 bits per heavy atom. The fourth-order valence-corrected chi connectivity index (χ4v) is 2.68. The molecule has 0 aliphatic heterocycles. The molecule has 0 aliphatic rings. The SMILES string of the molecule is CC(C)c1ccc(COc2ccc(Br)c(CCl)c2)cc1. The van der Waals surface area contributed by atoms with Gasteiger partial charge in [-0.2, -0.15) is 0 Å². The molecule has 106 valence electrons. The highest BCUT2D eigenvalue weighted by molar-refractivity contribution is 9.10. The highest BCUT2D eigenvalue weighted by Gasteiger charge is 2.03. The monoisotopic (exact) mass is 352 g/mol. The molecule has 0 bridgehead atoms. The topological polar surface area (TPSA) is 9.23 Å². The van der Waals surface area contributed by atoms with E-state index in [-0.39, 0.29) is 0 Å². The van der Waals surface area contributed by atoms with E-state index in [1.807, 2.05) is 18.2 Å². The summed E-state index contributed by atoms with van der Waals surface area (Å²) in [6, 6.07) is 14.5. The molecule has 20 heavy (non-hydrogen) atoms. The van der Waals surface area contributed by atoms with Gasteiger partial charge in [0.2, 0.25) is 0 Å². The minimum Gasteiger partial charge on any atom is -0.489 e. The van der Waals surface area contributed by atoms with Gasteiger partial charge in [0.05, 0.1) is 0 Å². The summed E-state index contributed by atoms with van der Waals surface area (Å²) < 4.78 is 6.83. The lowest BCUT2D eigenvalue weighted by atomic mass is 10.0. The van der Waals surface area contributed by atoms with Gasteiger partial charge in [0.1, 0.15) is 12.4 Å². The van der Waals surface area contributed by atoms with Crippen LogP contribution in [0, 0.1) is 0 Å². The Kier molecular flexibility index (Phi) is 5.50. The molecule has 0 aliphatic carbocycles. The van der Waals surface area contributed by atoms with Gasteiger partial charge < -0.3 is 4.74 Å². The van der Waals surface area contributed by atoms with Crippen molar-refractivity contribution in [3.63, 3.8) is 0 Å². The van der Waals surface area contributed by atoms with Crippen molar-refractivity contribution in [2.75, 3.05) is 0 Å². The second kappa shape index (κ2) is 7.14. The molecular weight excluding hydrogens is 336 g/mol. The fraction of sp³-hybridized carbons (Fsp3) is 0.294. The highest BCUT2D eigenvalue weighted by atomic mass is 79.9. The van der Waals surface area contributed by atoms with Crippen molar-refractivity contribution >= 4 is 27.5 Å². The zero-order valence-corrected chi connectivity index (χ0v) is 14.0. The number of hydrogen-bond acceptors (Lipinski definition) is 1. The summed E-state index contributed by atoms with van der Waals surface area (Å²) in [7, 11) is 0. The first-order valence-electron chi connectivity index (χ1n) is 6.66. The Morgan fingerprint density at radius 1 is 1.10 bits per heavy atom. The van der Waals surface area contributed by atoms with Crippen molar-refractivity contribution in [2.24, 2.45) is 0 Å². The molecule has 0 saturated carbocycles. The smallest absolute Gasteiger partial charge is 0.120 e. The van der Waals surface area contributed by atoms with Crippen LogP contribution in [0.15, 0.2) is 46.9 Å². The van der Waals surface area contributed by atoms with E-state index in [2.05, 4.69) is 54.0 Å². The van der Waals surface area contributed by atoms with Crippen LogP contribution < -0.4 is 4.74 Å². The lowest BCUT2D eigenvalue weighted by molar-refractivity contribution is 0.306. The van der Waals surface area contributed by atoms with E-state index in [9.17, 15) is 0 Å². The molecule has 0 amide bonds. The standard InChI is InChI=1S/C17H18BrClO/c1-12(2)14-5-3-13(4-6-14)11-20-16-7-8-17(18)15(9-16)10-19/h3-9,12H,10-11H2,1-2H3. The van der Waals surface area contributed by atoms with E-state index in [0.717, 1.165) is 15.8 Å². The molecule has 0 heterocycles. The molecule has 3 heteroatoms. The quantitative estimate of drug-likeness (QED) is 0.609. The molecular formula is C17H18BrClO. The number of benzene rings is 2. The molecule has 0 saturated heterocycles. The third-order valence-electron chi connectivity index (χ3n) is 3.21. The number of ether oxygens (including phenoxy) is 1. The summed E-state index contributed by atoms with van der Waals surface area (Å²) in [5, 5.41) is 0. The van der Waals surface area contributed by atoms with Crippen molar-refractivity contribution in [1.29, 1.82) is 0 Å². The Bertz CT molecular complexity index is 564. The lowest BCUT2D eigenvalue weighted by Crippen LogP contribution is -1.97. The molecule has 0 N–H and O–H groups in total. The predicted octanol–water partition coefficient (Wildman–Crippen LogP) is 5.89. The third-order valence-corrected chi connectivity index (χ3v) is 4.27. The Labute approximate surface area is 134 Å². The lowest BCUT2D eigenvalue weighted by Gasteiger charge is -2.10. The van der Waals surface area contributed by atoms with Gasteiger partial charge >= 0.3 is 0 Å². The summed E-state index contributed by atoms with van der Waals surface area (Å²) in [6.07, 6.45) is 0. The van der Waals surface area contributed by atoms with Crippen LogP contribution in [0.3, 0.4) is 0 Å². The Balaban J connectivity index is 2.01. The Morgan fingerprint density at radius 3 is 2.40 bits per heavy atom. The molecule has 0 unspecified atom stereocenters. The third kappa shape index (κ3) is 4.00. The molecule has 0 atom stereocenters. The number of rotatable bonds is 5. The first-order chi connectivity index (χ1) is 9.60. The van der Waals surface area contributed by atoms with E-state index in [1.54, 1.807) is 0 Å². The molecule has 1 nitrogen and oxygen atoms in total. The zero-order chi connectivity index (χ0) is 14.5. The van der Waals surface area contributed by atoms with Crippen molar-refractivity contribution in [1.82, 2.24) is 0 Å². The average molecular weight is 354 g/mol. The van der Waals surface area contributed by atoms with Crippen molar-refractivity contribution in [3.8, 4) is 5.75 Å². The summed E-state index contributed by atoms with van der Waals surface area (Å²) in [5.74, 6) is 1.88. The van der Waals surface area contributed by atoms with Gasteiger partial charge in [0.25, 0.3) is 0 Å². The summed E-state index contributed by atoms with van der Waals surface area (Å²) in [4.78, 5) is 0. The number of alkyl halides is 1.